The standard InChI is InChI=1S/C12H17ClSi/c1-3-11(2)14(10-9-13)12-7-5-4-6-8-12/h4-11,14H,3H2,1-2H3. The smallest absolute Gasteiger partial charge is 0.0937 e. The molecular formula is C12H17ClSi. The molecule has 0 radical (unpaired) electrons. The van der Waals surface area contributed by atoms with Crippen molar-refractivity contribution in [1.82, 2.24) is 0 Å². The number of halogens is 1. The summed E-state index contributed by atoms with van der Waals surface area (Å²) in [7, 11) is -0.999. The summed E-state index contributed by atoms with van der Waals surface area (Å²) >= 11 is 5.70. The fourth-order valence-electron chi connectivity index (χ4n) is 1.64. The largest absolute Gasteiger partial charge is 0.0978 e. The molecule has 14 heavy (non-hydrogen) atoms. The van der Waals surface area contributed by atoms with Crippen molar-refractivity contribution in [3.63, 3.8) is 0 Å². The summed E-state index contributed by atoms with van der Waals surface area (Å²) in [5, 5.41) is 1.48. The van der Waals surface area contributed by atoms with E-state index in [1.807, 2.05) is 0 Å². The van der Waals surface area contributed by atoms with E-state index in [-0.39, 0.29) is 0 Å². The van der Waals surface area contributed by atoms with E-state index in [2.05, 4.69) is 49.9 Å². The van der Waals surface area contributed by atoms with Crippen LogP contribution in [0.25, 0.3) is 0 Å². The minimum absolute atomic E-state index is 0.771. The molecule has 2 atom stereocenters. The Bertz CT molecular complexity index is 282. The van der Waals surface area contributed by atoms with Gasteiger partial charge in [0.1, 0.15) is 0 Å². The normalized spacial score (nSPS) is 15.6. The van der Waals surface area contributed by atoms with Crippen LogP contribution < -0.4 is 5.19 Å². The average molecular weight is 225 g/mol. The van der Waals surface area contributed by atoms with Gasteiger partial charge >= 0.3 is 0 Å². The Hall–Kier alpha value is -0.533. The van der Waals surface area contributed by atoms with Crippen molar-refractivity contribution in [2.45, 2.75) is 25.8 Å². The van der Waals surface area contributed by atoms with Gasteiger partial charge in [-0.1, -0.05) is 73.1 Å². The van der Waals surface area contributed by atoms with E-state index in [1.54, 1.807) is 5.54 Å². The number of hydrogen-bond acceptors (Lipinski definition) is 0. The van der Waals surface area contributed by atoms with Crippen LogP contribution in [-0.2, 0) is 0 Å². The van der Waals surface area contributed by atoms with Gasteiger partial charge in [-0.05, 0) is 11.1 Å². The van der Waals surface area contributed by atoms with Gasteiger partial charge in [-0.2, -0.15) is 0 Å². The second-order valence-corrected chi connectivity index (χ2v) is 7.13. The third-order valence-electron chi connectivity index (χ3n) is 2.72. The zero-order valence-corrected chi connectivity index (χ0v) is 10.7. The second kappa shape index (κ2) is 6.05. The predicted octanol–water partition coefficient (Wildman–Crippen LogP) is 3.21. The first-order valence-electron chi connectivity index (χ1n) is 5.11. The number of benzene rings is 1. The summed E-state index contributed by atoms with van der Waals surface area (Å²) in [4.78, 5) is 0. The van der Waals surface area contributed by atoms with Gasteiger partial charge < -0.3 is 0 Å². The third kappa shape index (κ3) is 3.00. The van der Waals surface area contributed by atoms with Crippen LogP contribution in [0.5, 0.6) is 0 Å². The molecule has 0 nitrogen and oxygen atoms in total. The Morgan fingerprint density at radius 1 is 1.36 bits per heavy atom. The van der Waals surface area contributed by atoms with Crippen LogP contribution in [0.2, 0.25) is 5.54 Å². The first kappa shape index (κ1) is 11.5. The highest BCUT2D eigenvalue weighted by atomic mass is 35.5. The van der Waals surface area contributed by atoms with E-state index in [0.29, 0.717) is 0 Å². The molecule has 0 heterocycles. The summed E-state index contributed by atoms with van der Waals surface area (Å²) in [5.41, 5.74) is 4.67. The summed E-state index contributed by atoms with van der Waals surface area (Å²) in [6.07, 6.45) is 1.23. The molecular weight excluding hydrogens is 208 g/mol. The summed E-state index contributed by atoms with van der Waals surface area (Å²) in [5.74, 6) is 0. The maximum atomic E-state index is 5.70. The van der Waals surface area contributed by atoms with Crippen molar-refractivity contribution < 1.29 is 0 Å². The van der Waals surface area contributed by atoms with Crippen LogP contribution >= 0.6 is 11.6 Å². The third-order valence-corrected chi connectivity index (χ3v) is 6.57. The Morgan fingerprint density at radius 2 is 2.00 bits per heavy atom. The van der Waals surface area contributed by atoms with Crippen LogP contribution in [-0.4, -0.2) is 8.80 Å². The number of hydrogen-bond donors (Lipinski definition) is 0. The maximum absolute atomic E-state index is 5.70. The van der Waals surface area contributed by atoms with Crippen molar-refractivity contribution in [3.8, 4) is 0 Å². The van der Waals surface area contributed by atoms with Crippen LogP contribution in [0.3, 0.4) is 0 Å². The van der Waals surface area contributed by atoms with Crippen molar-refractivity contribution in [1.29, 1.82) is 0 Å². The van der Waals surface area contributed by atoms with Gasteiger partial charge in [0.15, 0.2) is 0 Å². The Morgan fingerprint density at radius 3 is 2.50 bits per heavy atom. The Labute approximate surface area is 93.2 Å². The van der Waals surface area contributed by atoms with Crippen molar-refractivity contribution in [2.75, 3.05) is 0 Å². The monoisotopic (exact) mass is 224 g/mol. The van der Waals surface area contributed by atoms with Gasteiger partial charge in [-0.25, -0.2) is 0 Å². The summed E-state index contributed by atoms with van der Waals surface area (Å²) in [6, 6.07) is 10.7. The highest BCUT2D eigenvalue weighted by Gasteiger charge is 2.16. The molecule has 0 aliphatic heterocycles. The molecule has 0 amide bonds. The molecule has 0 aliphatic carbocycles. The van der Waals surface area contributed by atoms with Gasteiger partial charge in [0.25, 0.3) is 0 Å². The summed E-state index contributed by atoms with van der Waals surface area (Å²) in [6.45, 7) is 4.57. The highest BCUT2D eigenvalue weighted by Crippen LogP contribution is 2.15. The lowest BCUT2D eigenvalue weighted by molar-refractivity contribution is 0.866. The average Bonchev–Trinajstić information content (AvgIpc) is 2.26. The van der Waals surface area contributed by atoms with Crippen LogP contribution in [0.15, 0.2) is 41.6 Å². The lowest BCUT2D eigenvalue weighted by Gasteiger charge is -2.17. The Kier molecular flexibility index (Phi) is 4.98. The highest BCUT2D eigenvalue weighted by molar-refractivity contribution is 6.79. The minimum Gasteiger partial charge on any atom is -0.0937 e. The lowest BCUT2D eigenvalue weighted by atomic mass is 10.4. The first-order valence-corrected chi connectivity index (χ1v) is 7.46. The van der Waals surface area contributed by atoms with Crippen LogP contribution in [0, 0.1) is 0 Å². The SMILES string of the molecule is CCC(C)[SiH](C=CCl)c1ccccc1. The van der Waals surface area contributed by atoms with Gasteiger partial charge in [-0.15, -0.1) is 0 Å². The van der Waals surface area contributed by atoms with Crippen molar-refractivity contribution in [3.05, 3.63) is 41.6 Å². The van der Waals surface area contributed by atoms with Crippen LogP contribution in [0.4, 0.5) is 0 Å². The molecule has 0 saturated heterocycles. The van der Waals surface area contributed by atoms with Crippen molar-refractivity contribution in [2.24, 2.45) is 0 Å². The van der Waals surface area contributed by atoms with Crippen molar-refractivity contribution >= 4 is 25.6 Å². The fourth-order valence-corrected chi connectivity index (χ4v) is 4.70. The van der Waals surface area contributed by atoms with Gasteiger partial charge in [0.05, 0.1) is 8.80 Å². The van der Waals surface area contributed by atoms with E-state index in [0.717, 1.165) is 5.54 Å². The van der Waals surface area contributed by atoms with E-state index >= 15 is 0 Å². The van der Waals surface area contributed by atoms with Gasteiger partial charge in [-0.3, -0.25) is 0 Å². The van der Waals surface area contributed by atoms with E-state index in [1.165, 1.54) is 11.6 Å². The van der Waals surface area contributed by atoms with E-state index in [9.17, 15) is 0 Å². The van der Waals surface area contributed by atoms with Gasteiger partial charge in [0.2, 0.25) is 0 Å². The number of rotatable bonds is 4. The molecule has 2 unspecified atom stereocenters. The molecule has 1 rings (SSSR count). The molecule has 2 heteroatoms. The zero-order valence-electron chi connectivity index (χ0n) is 8.78. The fraction of sp³-hybridized carbons (Fsp3) is 0.333. The minimum atomic E-state index is -0.999. The quantitative estimate of drug-likeness (QED) is 0.690. The molecule has 0 saturated carbocycles. The molecule has 0 spiro atoms. The molecule has 76 valence electrons. The first-order chi connectivity index (χ1) is 6.79. The molecule has 0 fully saturated rings. The Balaban J connectivity index is 2.88. The molecule has 1 aromatic carbocycles. The van der Waals surface area contributed by atoms with Gasteiger partial charge in [0, 0.05) is 0 Å². The maximum Gasteiger partial charge on any atom is 0.0978 e. The lowest BCUT2D eigenvalue weighted by Crippen LogP contribution is -2.31. The second-order valence-electron chi connectivity index (χ2n) is 3.64. The molecule has 1 aromatic rings. The molecule has 0 bridgehead atoms. The van der Waals surface area contributed by atoms with E-state index in [4.69, 9.17) is 11.6 Å². The zero-order chi connectivity index (χ0) is 10.4. The topological polar surface area (TPSA) is 0 Å². The predicted molar refractivity (Wildman–Crippen MR) is 67.9 cm³/mol. The molecule has 0 aromatic heterocycles. The van der Waals surface area contributed by atoms with Crippen LogP contribution in [0.1, 0.15) is 20.3 Å². The van der Waals surface area contributed by atoms with E-state index < -0.39 is 8.80 Å². The molecule has 0 aliphatic rings. The molecule has 0 N–H and O–H groups in total. The summed E-state index contributed by atoms with van der Waals surface area (Å²) < 4.78 is 0.